The average molecular weight is 316 g/mol. The highest BCUT2D eigenvalue weighted by atomic mass is 16.5. The van der Waals surface area contributed by atoms with Crippen molar-refractivity contribution in [3.05, 3.63) is 24.4 Å². The lowest BCUT2D eigenvalue weighted by Gasteiger charge is -2.15. The molecule has 2 N–H and O–H groups in total. The summed E-state index contributed by atoms with van der Waals surface area (Å²) in [5.74, 6) is 0.959. The summed E-state index contributed by atoms with van der Waals surface area (Å²) in [6, 6.07) is 5.53. The first-order valence-corrected chi connectivity index (χ1v) is 7.61. The molecular formula is C16H20N4O3. The third kappa shape index (κ3) is 3.68. The summed E-state index contributed by atoms with van der Waals surface area (Å²) in [4.78, 5) is 22.1. The number of hydrogen-bond donors (Lipinski definition) is 1. The van der Waals surface area contributed by atoms with Gasteiger partial charge in [0.15, 0.2) is 0 Å². The van der Waals surface area contributed by atoms with Gasteiger partial charge in [0.1, 0.15) is 12.4 Å². The van der Waals surface area contributed by atoms with Crippen molar-refractivity contribution in [1.29, 1.82) is 0 Å². The Morgan fingerprint density at radius 3 is 3.04 bits per heavy atom. The van der Waals surface area contributed by atoms with E-state index in [9.17, 15) is 4.79 Å². The van der Waals surface area contributed by atoms with Crippen molar-refractivity contribution < 1.29 is 14.3 Å². The van der Waals surface area contributed by atoms with E-state index in [2.05, 4.69) is 14.9 Å². The lowest BCUT2D eigenvalue weighted by molar-refractivity contribution is -0.121. The molecule has 1 fully saturated rings. The van der Waals surface area contributed by atoms with E-state index in [0.29, 0.717) is 19.0 Å². The van der Waals surface area contributed by atoms with Crippen LogP contribution in [0.4, 0.5) is 0 Å². The van der Waals surface area contributed by atoms with Crippen molar-refractivity contribution in [2.75, 3.05) is 33.4 Å². The fourth-order valence-corrected chi connectivity index (χ4v) is 2.72. The van der Waals surface area contributed by atoms with Crippen molar-refractivity contribution >= 4 is 16.9 Å². The Hall–Kier alpha value is -2.41. The van der Waals surface area contributed by atoms with Gasteiger partial charge in [-0.15, -0.1) is 0 Å². The SMILES string of the molecule is COc1ccc2ncc(OCCN3CCC(C(N)=O)C3)nc2c1. The summed E-state index contributed by atoms with van der Waals surface area (Å²) in [5.41, 5.74) is 6.86. The van der Waals surface area contributed by atoms with Gasteiger partial charge >= 0.3 is 0 Å². The number of fused-ring (bicyclic) bond motifs is 1. The van der Waals surface area contributed by atoms with Crippen LogP contribution in [0.15, 0.2) is 24.4 Å². The number of likely N-dealkylation sites (tertiary alicyclic amines) is 1. The van der Waals surface area contributed by atoms with Crippen LogP contribution in [0, 0.1) is 5.92 Å². The number of carbonyl (C=O) groups excluding carboxylic acids is 1. The number of benzene rings is 1. The largest absolute Gasteiger partial charge is 0.497 e. The summed E-state index contributed by atoms with van der Waals surface area (Å²) in [6.07, 6.45) is 2.44. The highest BCUT2D eigenvalue weighted by Gasteiger charge is 2.26. The van der Waals surface area contributed by atoms with Gasteiger partial charge in [-0.25, -0.2) is 9.97 Å². The Labute approximate surface area is 134 Å². The maximum atomic E-state index is 11.2. The lowest BCUT2D eigenvalue weighted by Crippen LogP contribution is -2.30. The van der Waals surface area contributed by atoms with E-state index in [1.54, 1.807) is 13.3 Å². The molecule has 0 saturated carbocycles. The minimum absolute atomic E-state index is 0.0390. The van der Waals surface area contributed by atoms with Crippen molar-refractivity contribution in [3.63, 3.8) is 0 Å². The molecule has 1 aromatic carbocycles. The summed E-state index contributed by atoms with van der Waals surface area (Å²) < 4.78 is 10.9. The monoisotopic (exact) mass is 316 g/mol. The Balaban J connectivity index is 1.56. The lowest BCUT2D eigenvalue weighted by atomic mass is 10.1. The van der Waals surface area contributed by atoms with Gasteiger partial charge in [-0.2, -0.15) is 0 Å². The summed E-state index contributed by atoms with van der Waals surface area (Å²) in [5, 5.41) is 0. The summed E-state index contributed by atoms with van der Waals surface area (Å²) >= 11 is 0. The van der Waals surface area contributed by atoms with E-state index >= 15 is 0 Å². The minimum atomic E-state index is -0.220. The standard InChI is InChI=1S/C16H20N4O3/c1-22-12-2-3-13-14(8-12)19-15(9-18-13)23-7-6-20-5-4-11(10-20)16(17)21/h2-3,8-9,11H,4-7,10H2,1H3,(H2,17,21). The second-order valence-corrected chi connectivity index (χ2v) is 5.60. The summed E-state index contributed by atoms with van der Waals surface area (Å²) in [6.45, 7) is 2.81. The van der Waals surface area contributed by atoms with Gasteiger partial charge in [0.2, 0.25) is 11.8 Å². The molecule has 1 saturated heterocycles. The van der Waals surface area contributed by atoms with Crippen LogP contribution in [0.2, 0.25) is 0 Å². The van der Waals surface area contributed by atoms with Crippen LogP contribution in [0.3, 0.4) is 0 Å². The molecule has 1 amide bonds. The molecule has 3 rings (SSSR count). The Kier molecular flexibility index (Phi) is 4.57. The molecule has 23 heavy (non-hydrogen) atoms. The smallest absolute Gasteiger partial charge is 0.232 e. The maximum Gasteiger partial charge on any atom is 0.232 e. The third-order valence-electron chi connectivity index (χ3n) is 4.06. The number of rotatable bonds is 6. The molecule has 0 bridgehead atoms. The van der Waals surface area contributed by atoms with Gasteiger partial charge < -0.3 is 15.2 Å². The number of nitrogens with two attached hydrogens (primary N) is 1. The zero-order chi connectivity index (χ0) is 16.2. The van der Waals surface area contributed by atoms with E-state index in [1.165, 1.54) is 0 Å². The molecule has 0 spiro atoms. The first-order chi connectivity index (χ1) is 11.2. The molecule has 0 aliphatic carbocycles. The number of primary amides is 1. The van der Waals surface area contributed by atoms with Crippen LogP contribution in [0.25, 0.3) is 11.0 Å². The Bertz CT molecular complexity index is 707. The van der Waals surface area contributed by atoms with Crippen LogP contribution in [0.1, 0.15) is 6.42 Å². The average Bonchev–Trinajstić information content (AvgIpc) is 3.03. The molecule has 7 heteroatoms. The van der Waals surface area contributed by atoms with Gasteiger partial charge in [0.25, 0.3) is 0 Å². The molecule has 0 radical (unpaired) electrons. The van der Waals surface area contributed by atoms with Gasteiger partial charge in [-0.05, 0) is 25.1 Å². The van der Waals surface area contributed by atoms with Gasteiger partial charge in [0.05, 0.1) is 30.3 Å². The highest BCUT2D eigenvalue weighted by Crippen LogP contribution is 2.20. The van der Waals surface area contributed by atoms with Crippen LogP contribution in [0.5, 0.6) is 11.6 Å². The minimum Gasteiger partial charge on any atom is -0.497 e. The molecule has 1 aliphatic heterocycles. The van der Waals surface area contributed by atoms with E-state index in [0.717, 1.165) is 36.3 Å². The normalized spacial score (nSPS) is 18.2. The first-order valence-electron chi connectivity index (χ1n) is 7.61. The zero-order valence-corrected chi connectivity index (χ0v) is 13.1. The van der Waals surface area contributed by atoms with Crippen LogP contribution in [-0.2, 0) is 4.79 Å². The van der Waals surface area contributed by atoms with Crippen LogP contribution >= 0.6 is 0 Å². The van der Waals surface area contributed by atoms with Crippen molar-refractivity contribution in [2.45, 2.75) is 6.42 Å². The quantitative estimate of drug-likeness (QED) is 0.848. The van der Waals surface area contributed by atoms with Gasteiger partial charge in [0, 0.05) is 19.2 Å². The van der Waals surface area contributed by atoms with Gasteiger partial charge in [-0.1, -0.05) is 0 Å². The van der Waals surface area contributed by atoms with Crippen LogP contribution in [-0.4, -0.2) is 54.1 Å². The molecule has 7 nitrogen and oxygen atoms in total. The Morgan fingerprint density at radius 1 is 1.43 bits per heavy atom. The molecule has 2 aromatic rings. The molecule has 1 atom stereocenters. The van der Waals surface area contributed by atoms with Crippen molar-refractivity contribution in [1.82, 2.24) is 14.9 Å². The predicted molar refractivity (Wildman–Crippen MR) is 85.3 cm³/mol. The molecule has 1 aromatic heterocycles. The van der Waals surface area contributed by atoms with E-state index in [-0.39, 0.29) is 11.8 Å². The number of nitrogens with zero attached hydrogens (tertiary/aromatic N) is 3. The topological polar surface area (TPSA) is 90.6 Å². The highest BCUT2D eigenvalue weighted by molar-refractivity contribution is 5.77. The van der Waals surface area contributed by atoms with E-state index < -0.39 is 0 Å². The second kappa shape index (κ2) is 6.78. The summed E-state index contributed by atoms with van der Waals surface area (Å²) in [7, 11) is 1.62. The maximum absolute atomic E-state index is 11.2. The molecule has 122 valence electrons. The Morgan fingerprint density at radius 2 is 2.30 bits per heavy atom. The number of aromatic nitrogens is 2. The predicted octanol–water partition coefficient (Wildman–Crippen LogP) is 0.824. The molecule has 1 unspecified atom stereocenters. The number of hydrogen-bond acceptors (Lipinski definition) is 6. The van der Waals surface area contributed by atoms with Crippen molar-refractivity contribution in [2.24, 2.45) is 11.7 Å². The molecule has 1 aliphatic rings. The zero-order valence-electron chi connectivity index (χ0n) is 13.1. The molecular weight excluding hydrogens is 296 g/mol. The number of methoxy groups -OCH3 is 1. The van der Waals surface area contributed by atoms with Crippen LogP contribution < -0.4 is 15.2 Å². The first kappa shape index (κ1) is 15.5. The fraction of sp³-hybridized carbons (Fsp3) is 0.438. The third-order valence-corrected chi connectivity index (χ3v) is 4.06. The van der Waals surface area contributed by atoms with Gasteiger partial charge in [-0.3, -0.25) is 9.69 Å². The van der Waals surface area contributed by atoms with Crippen molar-refractivity contribution in [3.8, 4) is 11.6 Å². The van der Waals surface area contributed by atoms with E-state index in [1.807, 2.05) is 18.2 Å². The van der Waals surface area contributed by atoms with E-state index in [4.69, 9.17) is 15.2 Å². The molecule has 2 heterocycles. The number of ether oxygens (including phenoxy) is 2. The number of amides is 1. The second-order valence-electron chi connectivity index (χ2n) is 5.60. The fourth-order valence-electron chi connectivity index (χ4n) is 2.72. The number of carbonyl (C=O) groups is 1.